The minimum Gasteiger partial charge on any atom is -0.345 e. The Labute approximate surface area is 139 Å². The lowest BCUT2D eigenvalue weighted by Gasteiger charge is -2.26. The third kappa shape index (κ3) is 4.20. The van der Waals surface area contributed by atoms with Crippen LogP contribution < -0.4 is 5.73 Å². The number of aromatic nitrogens is 1. The highest BCUT2D eigenvalue weighted by atomic mass is 19.1. The van der Waals surface area contributed by atoms with Crippen molar-refractivity contribution < 1.29 is 4.39 Å². The zero-order valence-corrected chi connectivity index (χ0v) is 15.1. The van der Waals surface area contributed by atoms with Crippen molar-refractivity contribution in [3.05, 3.63) is 41.9 Å². The standard InChI is InChI=1S/C19H30FN3/c1-8-16(10-21)19(20)15(7)23-11-17(9-2)18(14(23)6)13(5)22-12(3)4/h9,11,15-16,19H,2-3,8,10,21H2,1,4-7H3. The highest BCUT2D eigenvalue weighted by Crippen LogP contribution is 2.29. The van der Waals surface area contributed by atoms with Crippen molar-refractivity contribution in [2.45, 2.75) is 53.3 Å². The normalized spacial score (nSPS) is 16.0. The number of halogens is 1. The van der Waals surface area contributed by atoms with Crippen LogP contribution in [0, 0.1) is 12.8 Å². The van der Waals surface area contributed by atoms with Crippen molar-refractivity contribution in [3.63, 3.8) is 0 Å². The van der Waals surface area contributed by atoms with E-state index >= 15 is 0 Å². The summed E-state index contributed by atoms with van der Waals surface area (Å²) in [7, 11) is 0. The summed E-state index contributed by atoms with van der Waals surface area (Å²) in [6.07, 6.45) is 3.49. The van der Waals surface area contributed by atoms with Gasteiger partial charge in [0.05, 0.1) is 6.04 Å². The fourth-order valence-corrected chi connectivity index (χ4v) is 3.11. The van der Waals surface area contributed by atoms with Crippen molar-refractivity contribution in [2.75, 3.05) is 6.54 Å². The van der Waals surface area contributed by atoms with E-state index in [2.05, 4.69) is 18.2 Å². The summed E-state index contributed by atoms with van der Waals surface area (Å²) in [5.41, 5.74) is 10.3. The van der Waals surface area contributed by atoms with E-state index in [1.54, 1.807) is 6.08 Å². The second-order valence-corrected chi connectivity index (χ2v) is 6.18. The van der Waals surface area contributed by atoms with E-state index in [1.165, 1.54) is 0 Å². The zero-order valence-electron chi connectivity index (χ0n) is 15.1. The number of alkyl halides is 1. The maximum Gasteiger partial charge on any atom is 0.124 e. The third-order valence-electron chi connectivity index (χ3n) is 4.43. The molecule has 0 saturated carbocycles. The molecule has 1 aromatic rings. The highest BCUT2D eigenvalue weighted by Gasteiger charge is 2.27. The predicted molar refractivity (Wildman–Crippen MR) is 98.7 cm³/mol. The largest absolute Gasteiger partial charge is 0.345 e. The molecule has 23 heavy (non-hydrogen) atoms. The zero-order chi connectivity index (χ0) is 17.7. The molecule has 0 fully saturated rings. The first-order valence-electron chi connectivity index (χ1n) is 8.17. The molecule has 0 aromatic carbocycles. The van der Waals surface area contributed by atoms with Gasteiger partial charge >= 0.3 is 0 Å². The average Bonchev–Trinajstić information content (AvgIpc) is 2.83. The number of rotatable bonds is 8. The van der Waals surface area contributed by atoms with Crippen molar-refractivity contribution in [3.8, 4) is 0 Å². The quantitative estimate of drug-likeness (QED) is 0.695. The predicted octanol–water partition coefficient (Wildman–Crippen LogP) is 4.67. The lowest BCUT2D eigenvalue weighted by Crippen LogP contribution is -2.31. The van der Waals surface area contributed by atoms with Crippen molar-refractivity contribution in [1.82, 2.24) is 4.57 Å². The monoisotopic (exact) mass is 319 g/mol. The first kappa shape index (κ1) is 19.4. The molecule has 1 aromatic heterocycles. The number of nitrogens with two attached hydrogens (primary N) is 1. The van der Waals surface area contributed by atoms with E-state index in [4.69, 9.17) is 5.73 Å². The molecule has 0 saturated heterocycles. The Balaban J connectivity index is 3.32. The molecule has 0 amide bonds. The first-order valence-corrected chi connectivity index (χ1v) is 8.17. The van der Waals surface area contributed by atoms with Crippen molar-refractivity contribution >= 4 is 11.8 Å². The fraction of sp³-hybridized carbons (Fsp3) is 0.526. The van der Waals surface area contributed by atoms with Crippen LogP contribution in [-0.4, -0.2) is 23.0 Å². The van der Waals surface area contributed by atoms with Gasteiger partial charge in [-0.25, -0.2) is 4.39 Å². The Morgan fingerprint density at radius 1 is 1.48 bits per heavy atom. The van der Waals surface area contributed by atoms with Crippen LogP contribution in [0.3, 0.4) is 0 Å². The number of allylic oxidation sites excluding steroid dienone is 1. The van der Waals surface area contributed by atoms with Crippen LogP contribution in [0.15, 0.2) is 30.0 Å². The van der Waals surface area contributed by atoms with Gasteiger partial charge in [-0.3, -0.25) is 4.99 Å². The van der Waals surface area contributed by atoms with E-state index in [1.807, 2.05) is 45.4 Å². The summed E-state index contributed by atoms with van der Waals surface area (Å²) in [6.45, 7) is 17.7. The van der Waals surface area contributed by atoms with E-state index in [9.17, 15) is 4.39 Å². The molecule has 3 nitrogen and oxygen atoms in total. The SMILES string of the molecule is C=Cc1cn(C(C)C(F)C(CC)CN)c(C)c1C(C)=NC(=C)C. The lowest BCUT2D eigenvalue weighted by molar-refractivity contribution is 0.161. The lowest BCUT2D eigenvalue weighted by atomic mass is 9.95. The number of hydrogen-bond acceptors (Lipinski definition) is 2. The van der Waals surface area contributed by atoms with E-state index in [0.29, 0.717) is 6.54 Å². The molecule has 3 unspecified atom stereocenters. The smallest absolute Gasteiger partial charge is 0.124 e. The van der Waals surface area contributed by atoms with Gasteiger partial charge in [0, 0.05) is 40.3 Å². The molecule has 3 atom stereocenters. The van der Waals surface area contributed by atoms with Gasteiger partial charge in [0.15, 0.2) is 0 Å². The Morgan fingerprint density at radius 2 is 2.09 bits per heavy atom. The summed E-state index contributed by atoms with van der Waals surface area (Å²) in [4.78, 5) is 4.45. The fourth-order valence-electron chi connectivity index (χ4n) is 3.11. The van der Waals surface area contributed by atoms with Crippen LogP contribution in [0.4, 0.5) is 4.39 Å². The van der Waals surface area contributed by atoms with Gasteiger partial charge in [-0.2, -0.15) is 0 Å². The third-order valence-corrected chi connectivity index (χ3v) is 4.43. The van der Waals surface area contributed by atoms with Crippen LogP contribution in [0.1, 0.15) is 57.0 Å². The van der Waals surface area contributed by atoms with Crippen molar-refractivity contribution in [1.29, 1.82) is 0 Å². The summed E-state index contributed by atoms with van der Waals surface area (Å²) in [6, 6.07) is -0.284. The summed E-state index contributed by atoms with van der Waals surface area (Å²) in [5.74, 6) is -0.132. The topological polar surface area (TPSA) is 43.3 Å². The molecule has 0 bridgehead atoms. The van der Waals surface area contributed by atoms with E-state index in [0.717, 1.165) is 34.7 Å². The van der Waals surface area contributed by atoms with Gasteiger partial charge < -0.3 is 10.3 Å². The Bertz CT molecular complexity index is 594. The van der Waals surface area contributed by atoms with Crippen molar-refractivity contribution in [2.24, 2.45) is 16.6 Å². The van der Waals surface area contributed by atoms with Crippen LogP contribution in [0.25, 0.3) is 6.08 Å². The van der Waals surface area contributed by atoms with Crippen LogP contribution in [0.2, 0.25) is 0 Å². The Morgan fingerprint density at radius 3 is 2.52 bits per heavy atom. The average molecular weight is 319 g/mol. The molecule has 2 N–H and O–H groups in total. The van der Waals surface area contributed by atoms with Gasteiger partial charge in [0.25, 0.3) is 0 Å². The highest BCUT2D eigenvalue weighted by molar-refractivity contribution is 6.03. The number of aliphatic imine (C=N–C) groups is 1. The second-order valence-electron chi connectivity index (χ2n) is 6.18. The molecule has 1 heterocycles. The first-order chi connectivity index (χ1) is 10.8. The molecule has 0 radical (unpaired) electrons. The van der Waals surface area contributed by atoms with Crippen LogP contribution in [-0.2, 0) is 0 Å². The summed E-state index contributed by atoms with van der Waals surface area (Å²) in [5, 5.41) is 0. The van der Waals surface area contributed by atoms with Gasteiger partial charge in [-0.1, -0.05) is 26.2 Å². The number of nitrogens with zero attached hydrogens (tertiary/aromatic N) is 2. The summed E-state index contributed by atoms with van der Waals surface area (Å²) < 4.78 is 16.8. The molecular formula is C19H30FN3. The molecule has 1 rings (SSSR count). The Kier molecular flexibility index (Phi) is 6.95. The van der Waals surface area contributed by atoms with Crippen LogP contribution >= 0.6 is 0 Å². The minimum atomic E-state index is -0.986. The van der Waals surface area contributed by atoms with Gasteiger partial charge in [-0.15, -0.1) is 0 Å². The molecule has 128 valence electrons. The van der Waals surface area contributed by atoms with E-state index in [-0.39, 0.29) is 12.0 Å². The molecule has 0 aliphatic rings. The Hall–Kier alpha value is -1.68. The maximum atomic E-state index is 14.8. The summed E-state index contributed by atoms with van der Waals surface area (Å²) >= 11 is 0. The molecule has 4 heteroatoms. The van der Waals surface area contributed by atoms with E-state index < -0.39 is 6.17 Å². The van der Waals surface area contributed by atoms with Gasteiger partial charge in [-0.05, 0) is 40.7 Å². The minimum absolute atomic E-state index is 0.132. The van der Waals surface area contributed by atoms with Gasteiger partial charge in [0.2, 0.25) is 0 Å². The molecule has 0 aliphatic heterocycles. The second kappa shape index (κ2) is 8.25. The maximum absolute atomic E-state index is 14.8. The molecular weight excluding hydrogens is 289 g/mol. The molecule has 0 spiro atoms. The molecule has 0 aliphatic carbocycles. The number of hydrogen-bond donors (Lipinski definition) is 1. The van der Waals surface area contributed by atoms with Crippen LogP contribution in [0.5, 0.6) is 0 Å². The van der Waals surface area contributed by atoms with Gasteiger partial charge in [0.1, 0.15) is 6.17 Å².